The van der Waals surface area contributed by atoms with Crippen molar-refractivity contribution in [3.05, 3.63) is 45.7 Å². The molecule has 0 fully saturated rings. The van der Waals surface area contributed by atoms with E-state index >= 15 is 0 Å². The molecule has 0 bridgehead atoms. The second-order valence-electron chi connectivity index (χ2n) is 4.05. The zero-order chi connectivity index (χ0) is 14.0. The quantitative estimate of drug-likeness (QED) is 0.767. The molecule has 0 aliphatic carbocycles. The molecule has 2 nitrogen and oxygen atoms in total. The Kier molecular flexibility index (Phi) is 4.62. The molecule has 0 saturated heterocycles. The molecule has 19 heavy (non-hydrogen) atoms. The van der Waals surface area contributed by atoms with E-state index in [2.05, 4.69) is 21.0 Å². The summed E-state index contributed by atoms with van der Waals surface area (Å²) in [6, 6.07) is 3.48. The van der Waals surface area contributed by atoms with Crippen molar-refractivity contribution in [3.8, 4) is 0 Å². The van der Waals surface area contributed by atoms with Crippen molar-refractivity contribution in [1.29, 1.82) is 0 Å². The zero-order valence-corrected chi connectivity index (χ0v) is 13.0. The number of aromatic nitrogens is 2. The zero-order valence-electron chi connectivity index (χ0n) is 10.6. The van der Waals surface area contributed by atoms with Gasteiger partial charge in [0.15, 0.2) is 0 Å². The molecular formula is C13H13BrF2N2S. The van der Waals surface area contributed by atoms with Crippen LogP contribution in [0.25, 0.3) is 0 Å². The lowest BCUT2D eigenvalue weighted by atomic mass is 10.3. The maximum Gasteiger partial charge on any atom is 0.136 e. The van der Waals surface area contributed by atoms with Gasteiger partial charge in [-0.3, -0.25) is 4.68 Å². The maximum atomic E-state index is 13.5. The van der Waals surface area contributed by atoms with Crippen LogP contribution in [0.3, 0.4) is 0 Å². The van der Waals surface area contributed by atoms with E-state index in [0.29, 0.717) is 10.6 Å². The topological polar surface area (TPSA) is 17.8 Å². The van der Waals surface area contributed by atoms with Crippen LogP contribution < -0.4 is 0 Å². The monoisotopic (exact) mass is 346 g/mol. The van der Waals surface area contributed by atoms with Gasteiger partial charge in [-0.25, -0.2) is 8.78 Å². The normalized spacial score (nSPS) is 11.0. The Hall–Kier alpha value is -0.880. The van der Waals surface area contributed by atoms with E-state index in [1.165, 1.54) is 17.8 Å². The second kappa shape index (κ2) is 6.05. The Bertz CT molecular complexity index is 599. The fraction of sp³-hybridized carbons (Fsp3) is 0.308. The van der Waals surface area contributed by atoms with E-state index in [1.807, 2.05) is 14.0 Å². The summed E-state index contributed by atoms with van der Waals surface area (Å²) in [6.07, 6.45) is 0.827. The number of benzene rings is 1. The van der Waals surface area contributed by atoms with Gasteiger partial charge in [0.25, 0.3) is 0 Å². The highest BCUT2D eigenvalue weighted by Gasteiger charge is 2.14. The van der Waals surface area contributed by atoms with Gasteiger partial charge in [-0.15, -0.1) is 11.8 Å². The van der Waals surface area contributed by atoms with Crippen molar-refractivity contribution in [1.82, 2.24) is 9.78 Å². The third-order valence-corrected chi connectivity index (χ3v) is 4.72. The fourth-order valence-electron chi connectivity index (χ4n) is 1.71. The molecule has 0 radical (unpaired) electrons. The highest BCUT2D eigenvalue weighted by molar-refractivity contribution is 9.10. The first-order valence-corrected chi connectivity index (χ1v) is 7.59. The van der Waals surface area contributed by atoms with Crippen LogP contribution in [0.4, 0.5) is 8.78 Å². The number of thioether (sulfide) groups is 1. The summed E-state index contributed by atoms with van der Waals surface area (Å²) < 4.78 is 29.3. The van der Waals surface area contributed by atoms with E-state index < -0.39 is 11.6 Å². The molecule has 1 aromatic heterocycles. The number of rotatable bonds is 4. The average Bonchev–Trinajstić information content (AvgIpc) is 2.66. The van der Waals surface area contributed by atoms with Crippen molar-refractivity contribution in [2.24, 2.45) is 7.05 Å². The molecule has 0 amide bonds. The first-order chi connectivity index (χ1) is 9.02. The molecule has 2 aromatic rings. The largest absolute Gasteiger partial charge is 0.270 e. The molecule has 0 spiro atoms. The lowest BCUT2D eigenvalue weighted by Gasteiger charge is -2.05. The molecule has 6 heteroatoms. The summed E-state index contributed by atoms with van der Waals surface area (Å²) in [7, 11) is 1.85. The Morgan fingerprint density at radius 3 is 2.74 bits per heavy atom. The van der Waals surface area contributed by atoms with Gasteiger partial charge in [0.1, 0.15) is 11.6 Å². The first kappa shape index (κ1) is 14.5. The van der Waals surface area contributed by atoms with E-state index in [-0.39, 0.29) is 0 Å². The van der Waals surface area contributed by atoms with Gasteiger partial charge in [-0.05, 0) is 40.5 Å². The molecule has 0 unspecified atom stereocenters. The molecule has 0 aliphatic rings. The predicted molar refractivity (Wildman–Crippen MR) is 76.2 cm³/mol. The fourth-order valence-corrected chi connectivity index (χ4v) is 3.68. The van der Waals surface area contributed by atoms with E-state index in [9.17, 15) is 8.78 Å². The van der Waals surface area contributed by atoms with Crippen molar-refractivity contribution < 1.29 is 8.78 Å². The van der Waals surface area contributed by atoms with Crippen LogP contribution in [0.1, 0.15) is 18.3 Å². The van der Waals surface area contributed by atoms with Crippen LogP contribution in [0.2, 0.25) is 0 Å². The summed E-state index contributed by atoms with van der Waals surface area (Å²) >= 11 is 4.76. The molecule has 102 valence electrons. The Morgan fingerprint density at radius 2 is 2.11 bits per heavy atom. The predicted octanol–water partition coefficient (Wildman–Crippen LogP) is 4.32. The van der Waals surface area contributed by atoms with Crippen molar-refractivity contribution in [2.45, 2.75) is 24.0 Å². The molecule has 1 aromatic carbocycles. The van der Waals surface area contributed by atoms with Crippen molar-refractivity contribution in [2.75, 3.05) is 0 Å². The molecule has 0 atom stereocenters. The first-order valence-electron chi connectivity index (χ1n) is 5.81. The summed E-state index contributed by atoms with van der Waals surface area (Å²) in [5, 5.41) is 4.37. The second-order valence-corrected chi connectivity index (χ2v) is 5.86. The standard InChI is InChI=1S/C13H13BrF2N2S/c1-3-10-13(14)11(18(2)17-10)7-19-12-6-8(15)4-5-9(12)16/h4-6H,3,7H2,1-2H3. The summed E-state index contributed by atoms with van der Waals surface area (Å²) in [4.78, 5) is 0.311. The van der Waals surface area contributed by atoms with Gasteiger partial charge < -0.3 is 0 Å². The smallest absolute Gasteiger partial charge is 0.136 e. The lowest BCUT2D eigenvalue weighted by molar-refractivity contribution is 0.577. The van der Waals surface area contributed by atoms with Gasteiger partial charge in [-0.1, -0.05) is 6.92 Å². The summed E-state index contributed by atoms with van der Waals surface area (Å²) in [5.41, 5.74) is 1.93. The molecule has 1 heterocycles. The number of aryl methyl sites for hydroxylation is 2. The van der Waals surface area contributed by atoms with Gasteiger partial charge in [0.2, 0.25) is 0 Å². The van der Waals surface area contributed by atoms with Crippen molar-refractivity contribution >= 4 is 27.7 Å². The van der Waals surface area contributed by atoms with Crippen LogP contribution in [-0.4, -0.2) is 9.78 Å². The minimum absolute atomic E-state index is 0.311. The SMILES string of the molecule is CCc1nn(C)c(CSc2cc(F)ccc2F)c1Br. The summed E-state index contributed by atoms with van der Waals surface area (Å²) in [5.74, 6) is -0.299. The van der Waals surface area contributed by atoms with Crippen LogP contribution >= 0.6 is 27.7 Å². The van der Waals surface area contributed by atoms with Gasteiger partial charge >= 0.3 is 0 Å². The molecule has 2 rings (SSSR count). The minimum Gasteiger partial charge on any atom is -0.270 e. The Balaban J connectivity index is 2.19. The van der Waals surface area contributed by atoms with Crippen LogP contribution in [-0.2, 0) is 19.2 Å². The highest BCUT2D eigenvalue weighted by Crippen LogP contribution is 2.30. The lowest BCUT2D eigenvalue weighted by Crippen LogP contribution is -1.97. The third-order valence-electron chi connectivity index (χ3n) is 2.76. The third kappa shape index (κ3) is 3.17. The van der Waals surface area contributed by atoms with Crippen LogP contribution in [0.5, 0.6) is 0 Å². The van der Waals surface area contributed by atoms with E-state index in [0.717, 1.165) is 34.4 Å². The molecule has 0 N–H and O–H groups in total. The summed E-state index contributed by atoms with van der Waals surface area (Å²) in [6.45, 7) is 2.02. The average molecular weight is 347 g/mol. The number of hydrogen-bond acceptors (Lipinski definition) is 2. The molecular weight excluding hydrogens is 334 g/mol. The van der Waals surface area contributed by atoms with Crippen LogP contribution in [0.15, 0.2) is 27.6 Å². The maximum absolute atomic E-state index is 13.5. The van der Waals surface area contributed by atoms with Crippen LogP contribution in [0, 0.1) is 11.6 Å². The number of hydrogen-bond donors (Lipinski definition) is 0. The van der Waals surface area contributed by atoms with E-state index in [1.54, 1.807) is 4.68 Å². The Morgan fingerprint density at radius 1 is 1.37 bits per heavy atom. The van der Waals surface area contributed by atoms with E-state index in [4.69, 9.17) is 0 Å². The minimum atomic E-state index is -0.429. The number of halogens is 3. The van der Waals surface area contributed by atoms with Gasteiger partial charge in [0.05, 0.1) is 15.9 Å². The molecule has 0 saturated carbocycles. The highest BCUT2D eigenvalue weighted by atomic mass is 79.9. The number of nitrogens with zero attached hydrogens (tertiary/aromatic N) is 2. The van der Waals surface area contributed by atoms with Crippen molar-refractivity contribution in [3.63, 3.8) is 0 Å². The Labute approximate surface area is 123 Å². The van der Waals surface area contributed by atoms with Gasteiger partial charge in [0, 0.05) is 17.7 Å². The van der Waals surface area contributed by atoms with Gasteiger partial charge in [-0.2, -0.15) is 5.10 Å². The molecule has 0 aliphatic heterocycles.